The second kappa shape index (κ2) is 5.83. The zero-order valence-electron chi connectivity index (χ0n) is 10.4. The Hall–Kier alpha value is -1.22. The molecule has 0 bridgehead atoms. The molecule has 0 saturated heterocycles. The van der Waals surface area contributed by atoms with E-state index in [2.05, 4.69) is 9.71 Å². The second-order valence-corrected chi connectivity index (χ2v) is 6.83. The molecule has 2 aromatic rings. The summed E-state index contributed by atoms with van der Waals surface area (Å²) in [7, 11) is -3.60. The minimum atomic E-state index is -3.60. The number of imidazole rings is 1. The van der Waals surface area contributed by atoms with Crippen LogP contribution >= 0.6 is 11.3 Å². The van der Waals surface area contributed by atoms with Crippen LogP contribution in [0.25, 0.3) is 0 Å². The smallest absolute Gasteiger partial charge is 0.242 e. The number of sulfonamides is 1. The Morgan fingerprint density at radius 1 is 1.58 bits per heavy atom. The summed E-state index contributed by atoms with van der Waals surface area (Å²) in [6.07, 6.45) is 5.05. The fraction of sp³-hybridized carbons (Fsp3) is 0.364. The topological polar surface area (TPSA) is 84.2 Å². The van der Waals surface area contributed by atoms with Gasteiger partial charge >= 0.3 is 0 Å². The molecule has 2 heterocycles. The van der Waals surface area contributed by atoms with Crippen molar-refractivity contribution in [3.05, 3.63) is 35.0 Å². The van der Waals surface area contributed by atoms with Crippen molar-refractivity contribution in [2.24, 2.45) is 0 Å². The predicted octanol–water partition coefficient (Wildman–Crippen LogP) is 0.804. The van der Waals surface area contributed by atoms with Crippen molar-refractivity contribution in [2.75, 3.05) is 0 Å². The fourth-order valence-electron chi connectivity index (χ4n) is 1.76. The van der Waals surface area contributed by atoms with Gasteiger partial charge in [-0.15, -0.1) is 11.3 Å². The zero-order valence-corrected chi connectivity index (χ0v) is 12.0. The predicted molar refractivity (Wildman–Crippen MR) is 72.3 cm³/mol. The van der Waals surface area contributed by atoms with Crippen LogP contribution in [0.2, 0.25) is 0 Å². The number of aliphatic hydroxyl groups is 1. The highest BCUT2D eigenvalue weighted by Gasteiger charge is 2.21. The first kappa shape index (κ1) is 14.2. The summed E-state index contributed by atoms with van der Waals surface area (Å²) in [5.74, 6) is 0. The molecule has 6 nitrogen and oxygen atoms in total. The van der Waals surface area contributed by atoms with Crippen LogP contribution in [-0.4, -0.2) is 29.1 Å². The van der Waals surface area contributed by atoms with Crippen molar-refractivity contribution in [1.29, 1.82) is 0 Å². The van der Waals surface area contributed by atoms with Crippen LogP contribution < -0.4 is 4.72 Å². The molecule has 0 radical (unpaired) electrons. The summed E-state index contributed by atoms with van der Waals surface area (Å²) in [6, 6.07) is 1.23. The number of nitrogens with one attached hydrogen (secondary N) is 1. The summed E-state index contributed by atoms with van der Waals surface area (Å²) < 4.78 is 28.7. The van der Waals surface area contributed by atoms with Crippen molar-refractivity contribution in [2.45, 2.75) is 31.0 Å². The van der Waals surface area contributed by atoms with Gasteiger partial charge < -0.3 is 9.67 Å². The molecule has 2 N–H and O–H groups in total. The molecule has 2 rings (SSSR count). The molecule has 2 aromatic heterocycles. The number of hydrogen-bond donors (Lipinski definition) is 2. The molecule has 1 unspecified atom stereocenters. The first-order chi connectivity index (χ1) is 9.03. The Balaban J connectivity index is 2.09. The van der Waals surface area contributed by atoms with Gasteiger partial charge in [-0.2, -0.15) is 0 Å². The van der Waals surface area contributed by atoms with Crippen molar-refractivity contribution >= 4 is 21.4 Å². The molecule has 0 aliphatic rings. The third-order valence-corrected chi connectivity index (χ3v) is 5.25. The van der Waals surface area contributed by atoms with E-state index in [4.69, 9.17) is 5.11 Å². The lowest BCUT2D eigenvalue weighted by atomic mass is 10.4. The van der Waals surface area contributed by atoms with Crippen molar-refractivity contribution in [1.82, 2.24) is 14.3 Å². The number of hydrogen-bond acceptors (Lipinski definition) is 5. The van der Waals surface area contributed by atoms with Crippen molar-refractivity contribution < 1.29 is 13.5 Å². The molecular weight excluding hydrogens is 286 g/mol. The summed E-state index contributed by atoms with van der Waals surface area (Å²) in [4.78, 5) is 4.50. The summed E-state index contributed by atoms with van der Waals surface area (Å²) >= 11 is 1.22. The molecule has 0 fully saturated rings. The van der Waals surface area contributed by atoms with Crippen LogP contribution in [0.4, 0.5) is 0 Å². The van der Waals surface area contributed by atoms with E-state index in [1.165, 1.54) is 17.4 Å². The molecule has 0 aliphatic heterocycles. The molecule has 0 amide bonds. The standard InChI is InChI=1S/C11H15N3O3S2/c1-9(6-14-4-3-12-8-14)13-19(16,17)11-2-5-18-10(11)7-15/h2-5,8-9,13,15H,6-7H2,1H3. The number of nitrogens with zero attached hydrogens (tertiary/aromatic N) is 2. The Labute approximate surface area is 115 Å². The second-order valence-electron chi connectivity index (χ2n) is 4.15. The fourth-order valence-corrected chi connectivity index (χ4v) is 4.29. The van der Waals surface area contributed by atoms with Gasteiger partial charge in [-0.3, -0.25) is 0 Å². The maximum Gasteiger partial charge on any atom is 0.242 e. The van der Waals surface area contributed by atoms with E-state index >= 15 is 0 Å². The lowest BCUT2D eigenvalue weighted by Crippen LogP contribution is -2.35. The number of aliphatic hydroxyl groups excluding tert-OH is 1. The summed E-state index contributed by atoms with van der Waals surface area (Å²) in [5, 5.41) is 10.8. The Morgan fingerprint density at radius 3 is 3.00 bits per heavy atom. The van der Waals surface area contributed by atoms with E-state index in [0.29, 0.717) is 11.4 Å². The van der Waals surface area contributed by atoms with E-state index in [1.54, 1.807) is 35.6 Å². The molecule has 8 heteroatoms. The largest absolute Gasteiger partial charge is 0.391 e. The first-order valence-electron chi connectivity index (χ1n) is 5.68. The normalized spacial score (nSPS) is 13.6. The molecule has 0 spiro atoms. The van der Waals surface area contributed by atoms with E-state index < -0.39 is 10.0 Å². The highest BCUT2D eigenvalue weighted by molar-refractivity contribution is 7.89. The third kappa shape index (κ3) is 3.41. The Morgan fingerprint density at radius 2 is 2.37 bits per heavy atom. The summed E-state index contributed by atoms with van der Waals surface area (Å²) in [5.41, 5.74) is 0. The van der Waals surface area contributed by atoms with Gasteiger partial charge in [0.25, 0.3) is 0 Å². The average Bonchev–Trinajstić information content (AvgIpc) is 2.97. The SMILES string of the molecule is CC(Cn1ccnc1)NS(=O)(=O)c1ccsc1CO. The highest BCUT2D eigenvalue weighted by atomic mass is 32.2. The van der Waals surface area contributed by atoms with Gasteiger partial charge in [0.2, 0.25) is 10.0 Å². The van der Waals surface area contributed by atoms with Gasteiger partial charge in [-0.05, 0) is 18.4 Å². The average molecular weight is 301 g/mol. The highest BCUT2D eigenvalue weighted by Crippen LogP contribution is 2.21. The minimum absolute atomic E-state index is 0.150. The first-order valence-corrected chi connectivity index (χ1v) is 8.04. The quantitative estimate of drug-likeness (QED) is 0.827. The van der Waals surface area contributed by atoms with E-state index in [1.807, 2.05) is 0 Å². The number of rotatable bonds is 6. The van der Waals surface area contributed by atoms with Crippen LogP contribution in [0.3, 0.4) is 0 Å². The van der Waals surface area contributed by atoms with Gasteiger partial charge in [0.05, 0.1) is 17.8 Å². The molecule has 104 valence electrons. The van der Waals surface area contributed by atoms with Gasteiger partial charge in [-0.1, -0.05) is 0 Å². The maximum atomic E-state index is 12.2. The molecular formula is C11H15N3O3S2. The lowest BCUT2D eigenvalue weighted by Gasteiger charge is -2.14. The number of thiophene rings is 1. The maximum absolute atomic E-state index is 12.2. The van der Waals surface area contributed by atoms with Crippen LogP contribution in [0, 0.1) is 0 Å². The Kier molecular flexibility index (Phi) is 4.35. The van der Waals surface area contributed by atoms with E-state index in [-0.39, 0.29) is 17.5 Å². The zero-order chi connectivity index (χ0) is 13.9. The van der Waals surface area contributed by atoms with Crippen LogP contribution in [0.5, 0.6) is 0 Å². The third-order valence-electron chi connectivity index (χ3n) is 2.54. The Bertz CT molecular complexity index is 619. The molecule has 0 aliphatic carbocycles. The minimum Gasteiger partial charge on any atom is -0.391 e. The van der Waals surface area contributed by atoms with Crippen LogP contribution in [0.1, 0.15) is 11.8 Å². The van der Waals surface area contributed by atoms with Crippen LogP contribution in [-0.2, 0) is 23.2 Å². The van der Waals surface area contributed by atoms with E-state index in [0.717, 1.165) is 0 Å². The molecule has 0 saturated carbocycles. The molecule has 1 atom stereocenters. The lowest BCUT2D eigenvalue weighted by molar-refractivity contribution is 0.282. The van der Waals surface area contributed by atoms with Gasteiger partial charge in [0.1, 0.15) is 0 Å². The van der Waals surface area contributed by atoms with Gasteiger partial charge in [0, 0.05) is 29.9 Å². The molecule has 0 aromatic carbocycles. The molecule has 19 heavy (non-hydrogen) atoms. The van der Waals surface area contributed by atoms with Crippen LogP contribution in [0.15, 0.2) is 35.1 Å². The van der Waals surface area contributed by atoms with Gasteiger partial charge in [0.15, 0.2) is 0 Å². The number of aromatic nitrogens is 2. The van der Waals surface area contributed by atoms with E-state index in [9.17, 15) is 8.42 Å². The summed E-state index contributed by atoms with van der Waals surface area (Å²) in [6.45, 7) is 2.00. The van der Waals surface area contributed by atoms with Crippen molar-refractivity contribution in [3.8, 4) is 0 Å². The monoisotopic (exact) mass is 301 g/mol. The van der Waals surface area contributed by atoms with Gasteiger partial charge in [-0.25, -0.2) is 18.1 Å². The van der Waals surface area contributed by atoms with Crippen molar-refractivity contribution in [3.63, 3.8) is 0 Å².